The van der Waals surface area contributed by atoms with Gasteiger partial charge in [-0.25, -0.2) is 19.3 Å². The van der Waals surface area contributed by atoms with Gasteiger partial charge in [0, 0.05) is 48.9 Å². The van der Waals surface area contributed by atoms with Gasteiger partial charge in [0.05, 0.1) is 24.0 Å². The number of hydrogen-bond acceptors (Lipinski definition) is 11. The van der Waals surface area contributed by atoms with Gasteiger partial charge in [-0.1, -0.05) is 6.58 Å². The molecule has 44 heavy (non-hydrogen) atoms. The van der Waals surface area contributed by atoms with Crippen LogP contribution in [0, 0.1) is 12.7 Å². The molecule has 1 fully saturated rings. The second-order valence-corrected chi connectivity index (χ2v) is 10.9. The van der Waals surface area contributed by atoms with Crippen LogP contribution in [0.3, 0.4) is 0 Å². The molecule has 0 radical (unpaired) electrons. The van der Waals surface area contributed by atoms with E-state index < -0.39 is 5.82 Å². The molecule has 6 rings (SSSR count). The molecule has 5 aromatic rings. The van der Waals surface area contributed by atoms with Gasteiger partial charge in [0.2, 0.25) is 5.91 Å². The van der Waals surface area contributed by atoms with Crippen molar-refractivity contribution >= 4 is 45.5 Å². The van der Waals surface area contributed by atoms with Crippen molar-refractivity contribution in [2.45, 2.75) is 25.8 Å². The molecule has 0 unspecified atom stereocenters. The number of carbonyl (C=O) groups is 1. The Morgan fingerprint density at radius 3 is 2.64 bits per heavy atom. The van der Waals surface area contributed by atoms with Crippen LogP contribution in [0.2, 0.25) is 0 Å². The van der Waals surface area contributed by atoms with E-state index in [9.17, 15) is 4.79 Å². The average molecular weight is 613 g/mol. The summed E-state index contributed by atoms with van der Waals surface area (Å²) in [6.07, 6.45) is 5.93. The number of carbonyl (C=O) groups excluding carboxylic acids is 1. The van der Waals surface area contributed by atoms with E-state index in [1.165, 1.54) is 30.0 Å². The minimum Gasteiger partial charge on any atom is -0.495 e. The number of halogens is 1. The first-order chi connectivity index (χ1) is 21.4. The van der Waals surface area contributed by atoms with Gasteiger partial charge in [0.15, 0.2) is 5.01 Å². The Morgan fingerprint density at radius 1 is 1.09 bits per heavy atom. The van der Waals surface area contributed by atoms with E-state index in [0.29, 0.717) is 63.6 Å². The summed E-state index contributed by atoms with van der Waals surface area (Å²) >= 11 is 1.25. The van der Waals surface area contributed by atoms with Gasteiger partial charge < -0.3 is 25.0 Å². The Labute approximate surface area is 257 Å². The maximum absolute atomic E-state index is 15.3. The van der Waals surface area contributed by atoms with Crippen molar-refractivity contribution in [2.75, 3.05) is 30.8 Å². The topological polar surface area (TPSA) is 127 Å². The Hall–Kier alpha value is -5.17. The molecule has 1 aliphatic rings. The van der Waals surface area contributed by atoms with Gasteiger partial charge in [-0.05, 0) is 61.6 Å². The number of fused-ring (bicyclic) bond motifs is 1. The Balaban J connectivity index is 1.20. The predicted octanol–water partition coefficient (Wildman–Crippen LogP) is 6.12. The maximum atomic E-state index is 15.3. The zero-order valence-corrected chi connectivity index (χ0v) is 24.9. The van der Waals surface area contributed by atoms with E-state index in [4.69, 9.17) is 9.47 Å². The van der Waals surface area contributed by atoms with Crippen LogP contribution in [0.25, 0.3) is 21.6 Å². The second-order valence-electron chi connectivity index (χ2n) is 10.1. The Kier molecular flexibility index (Phi) is 8.28. The van der Waals surface area contributed by atoms with Crippen molar-refractivity contribution in [1.29, 1.82) is 0 Å². The van der Waals surface area contributed by atoms with Crippen molar-refractivity contribution in [2.24, 2.45) is 0 Å². The molecular weight excluding hydrogens is 583 g/mol. The number of piperidine rings is 1. The van der Waals surface area contributed by atoms with Crippen LogP contribution in [-0.2, 0) is 4.79 Å². The summed E-state index contributed by atoms with van der Waals surface area (Å²) < 4.78 is 31.1. The van der Waals surface area contributed by atoms with E-state index in [1.54, 1.807) is 42.5 Å². The first kappa shape index (κ1) is 28.9. The van der Waals surface area contributed by atoms with Crippen LogP contribution in [0.15, 0.2) is 67.6 Å². The summed E-state index contributed by atoms with van der Waals surface area (Å²) in [5.41, 5.74) is 2.25. The number of methoxy groups -OCH3 is 1. The number of aryl methyl sites for hydroxylation is 1. The molecule has 1 saturated heterocycles. The summed E-state index contributed by atoms with van der Waals surface area (Å²) in [4.78, 5) is 31.2. The lowest BCUT2D eigenvalue weighted by Crippen LogP contribution is -2.41. The highest BCUT2D eigenvalue weighted by Crippen LogP contribution is 2.35. The number of anilines is 3. The van der Waals surface area contributed by atoms with Crippen LogP contribution in [0.5, 0.6) is 17.2 Å². The molecule has 0 atom stereocenters. The molecule has 0 bridgehead atoms. The van der Waals surface area contributed by atoms with Crippen molar-refractivity contribution in [3.8, 4) is 28.0 Å². The van der Waals surface area contributed by atoms with E-state index in [-0.39, 0.29) is 17.6 Å². The van der Waals surface area contributed by atoms with Gasteiger partial charge in [0.25, 0.3) is 0 Å². The highest BCUT2D eigenvalue weighted by Gasteiger charge is 2.23. The second kappa shape index (κ2) is 12.6. The maximum Gasteiger partial charge on any atom is 0.245 e. The van der Waals surface area contributed by atoms with Gasteiger partial charge in [-0.15, -0.1) is 0 Å². The first-order valence-corrected chi connectivity index (χ1v) is 14.7. The molecule has 0 spiro atoms. The largest absolute Gasteiger partial charge is 0.495 e. The molecule has 2 aromatic carbocycles. The average Bonchev–Trinajstić information content (AvgIpc) is 3.48. The minimum atomic E-state index is -0.518. The molecule has 224 valence electrons. The third-order valence-electron chi connectivity index (χ3n) is 7.20. The third-order valence-corrected chi connectivity index (χ3v) is 8.03. The molecule has 1 aliphatic heterocycles. The Morgan fingerprint density at radius 2 is 1.91 bits per heavy atom. The van der Waals surface area contributed by atoms with E-state index in [2.05, 4.69) is 41.5 Å². The standard InChI is InChI=1S/C31H29FN8O3S/c1-4-29(41)40-11-8-19(9-12-40)37-26-15-22-25(16-28(26)42-3)34-17-35-30(22)38-24-6-5-20(13-23(24)32)43-21-7-10-33-27(14-21)31-36-18(2)39-44-31/h4-7,10,13-17,19,37H,1,8-9,11-12H2,2-3H3,(H,34,35,38). The number of pyridine rings is 1. The molecule has 2 N–H and O–H groups in total. The highest BCUT2D eigenvalue weighted by molar-refractivity contribution is 7.09. The number of hydrogen-bond donors (Lipinski definition) is 2. The molecule has 13 heteroatoms. The number of likely N-dealkylation sites (tertiary alicyclic amines) is 1. The van der Waals surface area contributed by atoms with Crippen LogP contribution in [0.1, 0.15) is 18.7 Å². The summed E-state index contributed by atoms with van der Waals surface area (Å²) in [5.74, 6) is 1.98. The molecular formula is C31H29FN8O3S. The highest BCUT2D eigenvalue weighted by atomic mass is 32.1. The van der Waals surface area contributed by atoms with Crippen LogP contribution in [-0.4, -0.2) is 61.4 Å². The predicted molar refractivity (Wildman–Crippen MR) is 167 cm³/mol. The number of benzene rings is 2. The normalized spacial score (nSPS) is 13.5. The fraction of sp³-hybridized carbons (Fsp3) is 0.226. The van der Waals surface area contributed by atoms with Crippen molar-refractivity contribution < 1.29 is 18.7 Å². The molecule has 3 aromatic heterocycles. The SMILES string of the molecule is C=CC(=O)N1CCC(Nc2cc3c(Nc4ccc(Oc5ccnc(-c6nc(C)ns6)c5)cc4F)ncnc3cc2OC)CC1. The Bertz CT molecular complexity index is 1840. The van der Waals surface area contributed by atoms with Crippen molar-refractivity contribution in [1.82, 2.24) is 29.2 Å². The zero-order valence-electron chi connectivity index (χ0n) is 24.1. The van der Waals surface area contributed by atoms with Crippen molar-refractivity contribution in [3.63, 3.8) is 0 Å². The molecule has 11 nitrogen and oxygen atoms in total. The minimum absolute atomic E-state index is 0.0579. The molecule has 0 aliphatic carbocycles. The first-order valence-electron chi connectivity index (χ1n) is 13.9. The van der Waals surface area contributed by atoms with Gasteiger partial charge in [-0.3, -0.25) is 9.78 Å². The van der Waals surface area contributed by atoms with E-state index in [1.807, 2.05) is 19.1 Å². The fourth-order valence-electron chi connectivity index (χ4n) is 4.98. The molecule has 4 heterocycles. The number of rotatable bonds is 9. The van der Waals surface area contributed by atoms with Gasteiger partial charge >= 0.3 is 0 Å². The smallest absolute Gasteiger partial charge is 0.245 e. The number of aromatic nitrogens is 5. The van der Waals surface area contributed by atoms with Crippen LogP contribution < -0.4 is 20.1 Å². The summed E-state index contributed by atoms with van der Waals surface area (Å²) in [5, 5.41) is 8.01. The van der Waals surface area contributed by atoms with Crippen molar-refractivity contribution in [3.05, 3.63) is 79.3 Å². The lowest BCUT2D eigenvalue weighted by Gasteiger charge is -2.32. The lowest BCUT2D eigenvalue weighted by atomic mass is 10.0. The number of nitrogens with zero attached hydrogens (tertiary/aromatic N) is 6. The zero-order chi connectivity index (χ0) is 30.6. The van der Waals surface area contributed by atoms with Gasteiger partial charge in [0.1, 0.15) is 46.7 Å². The molecule has 1 amide bonds. The monoisotopic (exact) mass is 612 g/mol. The third kappa shape index (κ3) is 6.27. The van der Waals surface area contributed by atoms with Crippen LogP contribution in [0.4, 0.5) is 21.6 Å². The fourth-order valence-corrected chi connectivity index (χ4v) is 5.61. The summed E-state index contributed by atoms with van der Waals surface area (Å²) in [6.45, 7) is 6.67. The van der Waals surface area contributed by atoms with Gasteiger partial charge in [-0.2, -0.15) is 4.37 Å². The van der Waals surface area contributed by atoms with E-state index in [0.717, 1.165) is 18.5 Å². The molecule has 0 saturated carbocycles. The summed E-state index contributed by atoms with van der Waals surface area (Å²) in [7, 11) is 1.60. The number of amides is 1. The summed E-state index contributed by atoms with van der Waals surface area (Å²) in [6, 6.07) is 11.9. The number of ether oxygens (including phenoxy) is 2. The number of nitrogens with one attached hydrogen (secondary N) is 2. The lowest BCUT2D eigenvalue weighted by molar-refractivity contribution is -0.126. The van der Waals surface area contributed by atoms with E-state index >= 15 is 4.39 Å². The van der Waals surface area contributed by atoms with Crippen LogP contribution >= 0.6 is 11.5 Å². The quantitative estimate of drug-likeness (QED) is 0.188.